The molecule has 2 fully saturated rings. The summed E-state index contributed by atoms with van der Waals surface area (Å²) in [6, 6.07) is 4.93. The highest BCUT2D eigenvalue weighted by molar-refractivity contribution is 7.86. The van der Waals surface area contributed by atoms with Crippen LogP contribution in [-0.2, 0) is 10.2 Å². The van der Waals surface area contributed by atoms with E-state index in [1.54, 1.807) is 23.1 Å². The standard InChI is InChI=1S/C16H22Cl2N4O3S/c1-19-5-9-21(10-6-19)26(24,25)22-11-7-20(8-12-22)16(23)13-3-2-4-14(17)15(13)18/h2-4H,5-12H2,1H3. The number of halogens is 2. The van der Waals surface area contributed by atoms with Crippen LogP contribution in [0, 0.1) is 0 Å². The average Bonchev–Trinajstić information content (AvgIpc) is 2.64. The molecule has 1 amide bonds. The van der Waals surface area contributed by atoms with E-state index in [1.807, 2.05) is 7.05 Å². The van der Waals surface area contributed by atoms with Gasteiger partial charge in [0.25, 0.3) is 16.1 Å². The molecule has 0 N–H and O–H groups in total. The molecule has 2 aliphatic heterocycles. The van der Waals surface area contributed by atoms with Gasteiger partial charge in [0, 0.05) is 52.4 Å². The zero-order valence-electron chi connectivity index (χ0n) is 14.6. The Balaban J connectivity index is 1.63. The first-order valence-corrected chi connectivity index (χ1v) is 10.6. The second kappa shape index (κ2) is 8.00. The Morgan fingerprint density at radius 3 is 2.04 bits per heavy atom. The van der Waals surface area contributed by atoms with Crippen LogP contribution < -0.4 is 0 Å². The van der Waals surface area contributed by atoms with Crippen molar-refractivity contribution in [3.63, 3.8) is 0 Å². The Kier molecular flexibility index (Phi) is 6.11. The van der Waals surface area contributed by atoms with Crippen LogP contribution in [0.2, 0.25) is 10.0 Å². The zero-order chi connectivity index (χ0) is 18.9. The molecule has 7 nitrogen and oxygen atoms in total. The molecular formula is C16H22Cl2N4O3S. The van der Waals surface area contributed by atoms with Crippen molar-refractivity contribution >= 4 is 39.3 Å². The molecule has 0 bridgehead atoms. The Morgan fingerprint density at radius 2 is 1.46 bits per heavy atom. The van der Waals surface area contributed by atoms with Crippen LogP contribution in [0.5, 0.6) is 0 Å². The number of hydrogen-bond acceptors (Lipinski definition) is 4. The van der Waals surface area contributed by atoms with Gasteiger partial charge in [-0.05, 0) is 19.2 Å². The number of likely N-dealkylation sites (N-methyl/N-ethyl adjacent to an activating group) is 1. The number of hydrogen-bond donors (Lipinski definition) is 0. The van der Waals surface area contributed by atoms with Crippen molar-refractivity contribution in [2.75, 3.05) is 59.4 Å². The fraction of sp³-hybridized carbons (Fsp3) is 0.562. The third-order valence-corrected chi connectivity index (χ3v) is 7.68. The second-order valence-electron chi connectivity index (χ2n) is 6.50. The summed E-state index contributed by atoms with van der Waals surface area (Å²) in [7, 11) is -1.50. The maximum atomic E-state index is 12.8. The van der Waals surface area contributed by atoms with Gasteiger partial charge in [-0.15, -0.1) is 0 Å². The SMILES string of the molecule is CN1CCN(S(=O)(=O)N2CCN(C(=O)c3cccc(Cl)c3Cl)CC2)CC1. The summed E-state index contributed by atoms with van der Waals surface area (Å²) in [4.78, 5) is 16.4. The summed E-state index contributed by atoms with van der Waals surface area (Å²) >= 11 is 12.1. The van der Waals surface area contributed by atoms with Gasteiger partial charge in [0.1, 0.15) is 0 Å². The number of carbonyl (C=O) groups excluding carboxylic acids is 1. The molecule has 2 heterocycles. The highest BCUT2D eigenvalue weighted by Gasteiger charge is 2.35. The van der Waals surface area contributed by atoms with Gasteiger partial charge in [-0.1, -0.05) is 29.3 Å². The minimum absolute atomic E-state index is 0.228. The van der Waals surface area contributed by atoms with E-state index in [0.29, 0.717) is 36.8 Å². The minimum atomic E-state index is -3.48. The summed E-state index contributed by atoms with van der Waals surface area (Å²) < 4.78 is 28.6. The third kappa shape index (κ3) is 4.00. The number of rotatable bonds is 3. The molecule has 144 valence electrons. The molecule has 0 aliphatic carbocycles. The lowest BCUT2D eigenvalue weighted by Crippen LogP contribution is -2.57. The second-order valence-corrected chi connectivity index (χ2v) is 9.22. The van der Waals surface area contributed by atoms with E-state index in [9.17, 15) is 13.2 Å². The van der Waals surface area contributed by atoms with Crippen LogP contribution in [0.4, 0.5) is 0 Å². The first-order chi connectivity index (χ1) is 12.3. The van der Waals surface area contributed by atoms with Crippen molar-refractivity contribution in [2.45, 2.75) is 0 Å². The predicted octanol–water partition coefficient (Wildman–Crippen LogP) is 1.24. The Morgan fingerprint density at radius 1 is 0.923 bits per heavy atom. The number of carbonyl (C=O) groups is 1. The van der Waals surface area contributed by atoms with Crippen LogP contribution in [-0.4, -0.2) is 92.1 Å². The molecule has 0 aromatic heterocycles. The fourth-order valence-corrected chi connectivity index (χ4v) is 5.10. The first kappa shape index (κ1) is 19.9. The molecule has 2 aliphatic rings. The van der Waals surface area contributed by atoms with Gasteiger partial charge in [0.05, 0.1) is 15.6 Å². The van der Waals surface area contributed by atoms with E-state index < -0.39 is 10.2 Å². The van der Waals surface area contributed by atoms with Crippen molar-refractivity contribution in [1.82, 2.24) is 18.4 Å². The Labute approximate surface area is 164 Å². The predicted molar refractivity (Wildman–Crippen MR) is 102 cm³/mol. The topological polar surface area (TPSA) is 64.2 Å². The lowest BCUT2D eigenvalue weighted by molar-refractivity contribution is 0.0692. The van der Waals surface area contributed by atoms with Crippen LogP contribution in [0.15, 0.2) is 18.2 Å². The number of nitrogens with zero attached hydrogens (tertiary/aromatic N) is 4. The van der Waals surface area contributed by atoms with Crippen molar-refractivity contribution < 1.29 is 13.2 Å². The molecular weight excluding hydrogens is 399 g/mol. The molecule has 0 radical (unpaired) electrons. The maximum absolute atomic E-state index is 12.8. The fourth-order valence-electron chi connectivity index (χ4n) is 3.14. The summed E-state index contributed by atoms with van der Waals surface area (Å²) in [5.41, 5.74) is 0.342. The molecule has 1 aromatic carbocycles. The highest BCUT2D eigenvalue weighted by Crippen LogP contribution is 2.27. The van der Waals surface area contributed by atoms with Crippen LogP contribution in [0.1, 0.15) is 10.4 Å². The van der Waals surface area contributed by atoms with E-state index in [0.717, 1.165) is 13.1 Å². The van der Waals surface area contributed by atoms with E-state index in [4.69, 9.17) is 23.2 Å². The normalized spacial score (nSPS) is 21.1. The van der Waals surface area contributed by atoms with E-state index in [1.165, 1.54) is 8.61 Å². The monoisotopic (exact) mass is 420 g/mol. The van der Waals surface area contributed by atoms with Gasteiger partial charge in [-0.25, -0.2) is 0 Å². The van der Waals surface area contributed by atoms with Crippen LogP contribution >= 0.6 is 23.2 Å². The highest BCUT2D eigenvalue weighted by atomic mass is 35.5. The van der Waals surface area contributed by atoms with Gasteiger partial charge in [0.15, 0.2) is 0 Å². The van der Waals surface area contributed by atoms with Gasteiger partial charge < -0.3 is 9.80 Å². The molecule has 0 unspecified atom stereocenters. The summed E-state index contributed by atoms with van der Waals surface area (Å²) in [5.74, 6) is -0.228. The van der Waals surface area contributed by atoms with Gasteiger partial charge in [-0.2, -0.15) is 17.0 Å². The Bertz CT molecular complexity index is 774. The lowest BCUT2D eigenvalue weighted by Gasteiger charge is -2.39. The number of amides is 1. The molecule has 26 heavy (non-hydrogen) atoms. The lowest BCUT2D eigenvalue weighted by atomic mass is 10.2. The molecule has 10 heteroatoms. The van der Waals surface area contributed by atoms with Gasteiger partial charge in [-0.3, -0.25) is 4.79 Å². The van der Waals surface area contributed by atoms with E-state index >= 15 is 0 Å². The molecule has 0 spiro atoms. The van der Waals surface area contributed by atoms with E-state index in [-0.39, 0.29) is 24.0 Å². The zero-order valence-corrected chi connectivity index (χ0v) is 16.9. The third-order valence-electron chi connectivity index (χ3n) is 4.82. The maximum Gasteiger partial charge on any atom is 0.282 e. The van der Waals surface area contributed by atoms with Crippen LogP contribution in [0.25, 0.3) is 0 Å². The average molecular weight is 421 g/mol. The minimum Gasteiger partial charge on any atom is -0.336 e. The molecule has 1 aromatic rings. The summed E-state index contributed by atoms with van der Waals surface area (Å²) in [5, 5.41) is 0.556. The first-order valence-electron chi connectivity index (χ1n) is 8.48. The van der Waals surface area contributed by atoms with Crippen molar-refractivity contribution in [3.8, 4) is 0 Å². The van der Waals surface area contributed by atoms with Gasteiger partial charge >= 0.3 is 0 Å². The van der Waals surface area contributed by atoms with Crippen molar-refractivity contribution in [1.29, 1.82) is 0 Å². The number of benzene rings is 1. The smallest absolute Gasteiger partial charge is 0.282 e. The quantitative estimate of drug-likeness (QED) is 0.737. The molecule has 2 saturated heterocycles. The summed E-state index contributed by atoms with van der Waals surface area (Å²) in [6.07, 6.45) is 0. The number of piperazine rings is 2. The van der Waals surface area contributed by atoms with Crippen LogP contribution in [0.3, 0.4) is 0 Å². The van der Waals surface area contributed by atoms with Crippen molar-refractivity contribution in [3.05, 3.63) is 33.8 Å². The largest absolute Gasteiger partial charge is 0.336 e. The van der Waals surface area contributed by atoms with E-state index in [2.05, 4.69) is 4.90 Å². The molecule has 3 rings (SSSR count). The summed E-state index contributed by atoms with van der Waals surface area (Å²) in [6.45, 7) is 3.66. The Hall–Kier alpha value is -0.900. The van der Waals surface area contributed by atoms with Gasteiger partial charge in [0.2, 0.25) is 0 Å². The van der Waals surface area contributed by atoms with Crippen molar-refractivity contribution in [2.24, 2.45) is 0 Å². The molecule has 0 saturated carbocycles. The molecule has 0 atom stereocenters.